The van der Waals surface area contributed by atoms with E-state index in [2.05, 4.69) is 37.3 Å². The fourth-order valence-corrected chi connectivity index (χ4v) is 1.43. The van der Waals surface area contributed by atoms with E-state index in [1.54, 1.807) is 0 Å². The van der Waals surface area contributed by atoms with Crippen LogP contribution < -0.4 is 0 Å². The van der Waals surface area contributed by atoms with E-state index < -0.39 is 0 Å². The molecule has 0 saturated carbocycles. The van der Waals surface area contributed by atoms with Gasteiger partial charge in [-0.1, -0.05) is 37.3 Å². The average Bonchev–Trinajstić information content (AvgIpc) is 2.03. The summed E-state index contributed by atoms with van der Waals surface area (Å²) in [6.07, 6.45) is 0. The van der Waals surface area contributed by atoms with Crippen molar-refractivity contribution >= 4 is 11.8 Å². The predicted molar refractivity (Wildman–Crippen MR) is 48.3 cm³/mol. The first-order chi connectivity index (χ1) is 4.93. The lowest BCUT2D eigenvalue weighted by Gasteiger charge is -1.96. The van der Waals surface area contributed by atoms with Crippen molar-refractivity contribution < 1.29 is 0 Å². The second-order valence-electron chi connectivity index (χ2n) is 2.12. The second-order valence-corrected chi connectivity index (χ2v) is 3.40. The Morgan fingerprint density at radius 3 is 2.50 bits per heavy atom. The molecule has 0 amide bonds. The summed E-state index contributed by atoms with van der Waals surface area (Å²) in [6.45, 7) is 2.19. The molecule has 0 aliphatic rings. The fraction of sp³-hybridized carbons (Fsp3) is 0.333. The summed E-state index contributed by atoms with van der Waals surface area (Å²) >= 11 is 1.96. The summed E-state index contributed by atoms with van der Waals surface area (Å²) in [6, 6.07) is 10.6. The van der Waals surface area contributed by atoms with Crippen molar-refractivity contribution in [1.82, 2.24) is 0 Å². The standard InChI is InChI=1S/C9H12S/c1-2-10-8-9-6-4-3-5-7-9/h3-7H,2,8H2,1H3. The van der Waals surface area contributed by atoms with Crippen molar-refractivity contribution in [2.45, 2.75) is 12.7 Å². The highest BCUT2D eigenvalue weighted by Crippen LogP contribution is 2.09. The van der Waals surface area contributed by atoms with Crippen molar-refractivity contribution in [3.63, 3.8) is 0 Å². The molecule has 0 bridgehead atoms. The molecule has 0 nitrogen and oxygen atoms in total. The molecule has 1 aromatic rings. The van der Waals surface area contributed by atoms with Gasteiger partial charge in [-0.25, -0.2) is 0 Å². The normalized spacial score (nSPS) is 9.70. The molecule has 1 aromatic carbocycles. The number of benzene rings is 1. The molecule has 0 atom stereocenters. The van der Waals surface area contributed by atoms with Crippen LogP contribution in [-0.2, 0) is 5.75 Å². The van der Waals surface area contributed by atoms with Gasteiger partial charge in [0, 0.05) is 5.75 Å². The van der Waals surface area contributed by atoms with Crippen LogP contribution in [0.4, 0.5) is 0 Å². The molecule has 0 aliphatic heterocycles. The monoisotopic (exact) mass is 152 g/mol. The van der Waals surface area contributed by atoms with Crippen LogP contribution in [0, 0.1) is 0 Å². The first-order valence-electron chi connectivity index (χ1n) is 3.55. The van der Waals surface area contributed by atoms with E-state index in [9.17, 15) is 0 Å². The van der Waals surface area contributed by atoms with Gasteiger partial charge in [0.15, 0.2) is 0 Å². The van der Waals surface area contributed by atoms with Gasteiger partial charge in [0.25, 0.3) is 0 Å². The molecule has 0 spiro atoms. The second kappa shape index (κ2) is 4.40. The Kier molecular flexibility index (Phi) is 3.37. The number of thioether (sulfide) groups is 1. The van der Waals surface area contributed by atoms with E-state index in [0.29, 0.717) is 0 Å². The first kappa shape index (κ1) is 7.67. The number of rotatable bonds is 3. The minimum atomic E-state index is 1.15. The third-order valence-electron chi connectivity index (χ3n) is 1.32. The summed E-state index contributed by atoms with van der Waals surface area (Å²) in [5.74, 6) is 2.35. The van der Waals surface area contributed by atoms with E-state index in [-0.39, 0.29) is 0 Å². The third kappa shape index (κ3) is 2.44. The summed E-state index contributed by atoms with van der Waals surface area (Å²) in [7, 11) is 0. The van der Waals surface area contributed by atoms with Crippen molar-refractivity contribution in [2.24, 2.45) is 0 Å². The highest BCUT2D eigenvalue weighted by molar-refractivity contribution is 7.98. The van der Waals surface area contributed by atoms with Gasteiger partial charge in [-0.3, -0.25) is 0 Å². The topological polar surface area (TPSA) is 0 Å². The van der Waals surface area contributed by atoms with Gasteiger partial charge in [0.05, 0.1) is 0 Å². The Bertz CT molecular complexity index is 169. The molecule has 1 rings (SSSR count). The molecular weight excluding hydrogens is 140 g/mol. The van der Waals surface area contributed by atoms with Crippen LogP contribution >= 0.6 is 11.8 Å². The zero-order chi connectivity index (χ0) is 7.23. The van der Waals surface area contributed by atoms with Gasteiger partial charge in [-0.2, -0.15) is 11.8 Å². The van der Waals surface area contributed by atoms with Crippen molar-refractivity contribution in [2.75, 3.05) is 5.75 Å². The zero-order valence-electron chi connectivity index (χ0n) is 6.21. The summed E-state index contributed by atoms with van der Waals surface area (Å²) < 4.78 is 0. The maximum absolute atomic E-state index is 2.19. The molecule has 0 radical (unpaired) electrons. The van der Waals surface area contributed by atoms with Crippen molar-refractivity contribution in [1.29, 1.82) is 0 Å². The van der Waals surface area contributed by atoms with Crippen LogP contribution in [0.2, 0.25) is 0 Å². The molecule has 1 heteroatoms. The lowest BCUT2D eigenvalue weighted by molar-refractivity contribution is 1.40. The van der Waals surface area contributed by atoms with Crippen LogP contribution in [0.25, 0.3) is 0 Å². The van der Waals surface area contributed by atoms with E-state index in [4.69, 9.17) is 0 Å². The fourth-order valence-electron chi connectivity index (χ4n) is 0.794. The molecule has 0 fully saturated rings. The smallest absolute Gasteiger partial charge is 0.0184 e. The molecule has 54 valence electrons. The molecule has 0 aromatic heterocycles. The molecule has 0 heterocycles. The van der Waals surface area contributed by atoms with Gasteiger partial charge < -0.3 is 0 Å². The van der Waals surface area contributed by atoms with E-state index in [1.165, 1.54) is 11.3 Å². The minimum absolute atomic E-state index is 1.15. The zero-order valence-corrected chi connectivity index (χ0v) is 7.03. The molecule has 10 heavy (non-hydrogen) atoms. The van der Waals surface area contributed by atoms with Gasteiger partial charge in [0.2, 0.25) is 0 Å². The largest absolute Gasteiger partial charge is 0.157 e. The lowest BCUT2D eigenvalue weighted by atomic mass is 10.2. The Balaban J connectivity index is 2.43. The Morgan fingerprint density at radius 1 is 1.20 bits per heavy atom. The maximum atomic E-state index is 2.19. The van der Waals surface area contributed by atoms with Crippen LogP contribution in [0.1, 0.15) is 12.5 Å². The Labute approximate surface area is 66.6 Å². The summed E-state index contributed by atoms with van der Waals surface area (Å²) in [4.78, 5) is 0. The average molecular weight is 152 g/mol. The van der Waals surface area contributed by atoms with Gasteiger partial charge in [0.1, 0.15) is 0 Å². The lowest BCUT2D eigenvalue weighted by Crippen LogP contribution is -1.77. The first-order valence-corrected chi connectivity index (χ1v) is 4.70. The quantitative estimate of drug-likeness (QED) is 0.641. The molecular formula is C9H12S. The molecule has 0 unspecified atom stereocenters. The van der Waals surface area contributed by atoms with Crippen LogP contribution in [-0.4, -0.2) is 5.75 Å². The van der Waals surface area contributed by atoms with Crippen LogP contribution in [0.15, 0.2) is 30.3 Å². The van der Waals surface area contributed by atoms with E-state index >= 15 is 0 Å². The van der Waals surface area contributed by atoms with Crippen molar-refractivity contribution in [3.8, 4) is 0 Å². The predicted octanol–water partition coefficient (Wildman–Crippen LogP) is 2.94. The van der Waals surface area contributed by atoms with Crippen molar-refractivity contribution in [3.05, 3.63) is 35.9 Å². The third-order valence-corrected chi connectivity index (χ3v) is 2.26. The highest BCUT2D eigenvalue weighted by atomic mass is 32.2. The highest BCUT2D eigenvalue weighted by Gasteiger charge is 1.87. The summed E-state index contributed by atoms with van der Waals surface area (Å²) in [5.41, 5.74) is 1.43. The van der Waals surface area contributed by atoms with E-state index in [0.717, 1.165) is 5.75 Å². The van der Waals surface area contributed by atoms with E-state index in [1.807, 2.05) is 11.8 Å². The maximum Gasteiger partial charge on any atom is 0.0184 e. The van der Waals surface area contributed by atoms with Crippen LogP contribution in [0.5, 0.6) is 0 Å². The van der Waals surface area contributed by atoms with Gasteiger partial charge in [-0.05, 0) is 11.3 Å². The number of hydrogen-bond donors (Lipinski definition) is 0. The van der Waals surface area contributed by atoms with Gasteiger partial charge in [-0.15, -0.1) is 0 Å². The Hall–Kier alpha value is -0.430. The molecule has 0 aliphatic carbocycles. The van der Waals surface area contributed by atoms with Gasteiger partial charge >= 0.3 is 0 Å². The minimum Gasteiger partial charge on any atom is -0.157 e. The van der Waals surface area contributed by atoms with Crippen LogP contribution in [0.3, 0.4) is 0 Å². The molecule has 0 N–H and O–H groups in total. The number of hydrogen-bond acceptors (Lipinski definition) is 1. The Morgan fingerprint density at radius 2 is 1.90 bits per heavy atom. The summed E-state index contributed by atoms with van der Waals surface area (Å²) in [5, 5.41) is 0. The SMILES string of the molecule is CCSCc1ccccc1. The molecule has 0 saturated heterocycles.